The van der Waals surface area contributed by atoms with E-state index in [1.807, 2.05) is 11.3 Å². The molecule has 0 aromatic carbocycles. The number of hydrogen-bond donors (Lipinski definition) is 0. The van der Waals surface area contributed by atoms with Gasteiger partial charge in [0, 0.05) is 11.9 Å². The van der Waals surface area contributed by atoms with Crippen molar-refractivity contribution < 1.29 is 0 Å². The van der Waals surface area contributed by atoms with Crippen molar-refractivity contribution in [2.45, 2.75) is 45.6 Å². The van der Waals surface area contributed by atoms with Gasteiger partial charge in [0.2, 0.25) is 0 Å². The van der Waals surface area contributed by atoms with E-state index in [1.54, 1.807) is 0 Å². The predicted octanol–water partition coefficient (Wildman–Crippen LogP) is 3.08. The number of rotatable bonds is 5. The summed E-state index contributed by atoms with van der Waals surface area (Å²) >= 11 is 1.84. The maximum atomic E-state index is 4.69. The Morgan fingerprint density at radius 2 is 2.20 bits per heavy atom. The second-order valence-corrected chi connectivity index (χ2v) is 5.26. The lowest BCUT2D eigenvalue weighted by Gasteiger charge is -2.11. The van der Waals surface area contributed by atoms with Crippen LogP contribution in [0.1, 0.15) is 43.3 Å². The minimum atomic E-state index is 1.07. The van der Waals surface area contributed by atoms with Crippen molar-refractivity contribution in [2.75, 3.05) is 13.1 Å². The normalized spacial score (nSPS) is 17.4. The van der Waals surface area contributed by atoms with Gasteiger partial charge in [-0.3, -0.25) is 4.90 Å². The molecule has 1 aromatic heterocycles. The van der Waals surface area contributed by atoms with Crippen molar-refractivity contribution in [2.24, 2.45) is 0 Å². The van der Waals surface area contributed by atoms with Crippen LogP contribution in [0.5, 0.6) is 0 Å². The Hall–Kier alpha value is -0.410. The van der Waals surface area contributed by atoms with Crippen LogP contribution in [0.25, 0.3) is 0 Å². The second kappa shape index (κ2) is 5.61. The zero-order valence-electron chi connectivity index (χ0n) is 9.54. The molecule has 0 radical (unpaired) electrons. The Kier molecular flexibility index (Phi) is 4.15. The molecule has 15 heavy (non-hydrogen) atoms. The molecule has 1 aliphatic heterocycles. The number of nitrogens with zero attached hydrogens (tertiary/aromatic N) is 2. The van der Waals surface area contributed by atoms with Gasteiger partial charge < -0.3 is 0 Å². The monoisotopic (exact) mass is 224 g/mol. The smallest absolute Gasteiger partial charge is 0.0928 e. The summed E-state index contributed by atoms with van der Waals surface area (Å²) in [6.45, 7) is 5.84. The number of aryl methyl sites for hydroxylation is 1. The average molecular weight is 224 g/mol. The van der Waals surface area contributed by atoms with Crippen LogP contribution in [0.15, 0.2) is 5.38 Å². The minimum absolute atomic E-state index is 1.07. The molecule has 1 saturated heterocycles. The fourth-order valence-electron chi connectivity index (χ4n) is 2.03. The molecule has 0 spiro atoms. The molecule has 1 fully saturated rings. The first-order chi connectivity index (χ1) is 7.38. The second-order valence-electron chi connectivity index (χ2n) is 4.32. The van der Waals surface area contributed by atoms with Gasteiger partial charge in [0.1, 0.15) is 0 Å². The fraction of sp³-hybridized carbons (Fsp3) is 0.750. The van der Waals surface area contributed by atoms with E-state index in [4.69, 9.17) is 0 Å². The first-order valence-corrected chi connectivity index (χ1v) is 6.92. The maximum absolute atomic E-state index is 4.69. The highest BCUT2D eigenvalue weighted by Gasteiger charge is 2.13. The van der Waals surface area contributed by atoms with Crippen LogP contribution in [0.2, 0.25) is 0 Å². The average Bonchev–Trinajstić information content (AvgIpc) is 2.87. The summed E-state index contributed by atoms with van der Waals surface area (Å²) in [5, 5.41) is 3.56. The largest absolute Gasteiger partial charge is 0.297 e. The van der Waals surface area contributed by atoms with E-state index >= 15 is 0 Å². The van der Waals surface area contributed by atoms with Crippen LogP contribution in [0, 0.1) is 0 Å². The standard InChI is InChI=1S/C12H20N2S/c1-2-3-6-12-13-11(10-15-12)9-14-7-4-5-8-14/h10H,2-9H2,1H3. The number of likely N-dealkylation sites (tertiary alicyclic amines) is 1. The molecule has 84 valence electrons. The van der Waals surface area contributed by atoms with Gasteiger partial charge in [0.25, 0.3) is 0 Å². The molecule has 1 aliphatic rings. The lowest BCUT2D eigenvalue weighted by atomic mass is 10.3. The van der Waals surface area contributed by atoms with Crippen LogP contribution in [-0.4, -0.2) is 23.0 Å². The van der Waals surface area contributed by atoms with Crippen molar-refractivity contribution in [3.05, 3.63) is 16.1 Å². The molecule has 0 aliphatic carbocycles. The zero-order valence-corrected chi connectivity index (χ0v) is 10.4. The first-order valence-electron chi connectivity index (χ1n) is 6.04. The fourth-order valence-corrected chi connectivity index (χ4v) is 2.87. The highest BCUT2D eigenvalue weighted by molar-refractivity contribution is 7.09. The quantitative estimate of drug-likeness (QED) is 0.764. The van der Waals surface area contributed by atoms with Crippen molar-refractivity contribution in [1.29, 1.82) is 0 Å². The van der Waals surface area contributed by atoms with E-state index in [9.17, 15) is 0 Å². The van der Waals surface area contributed by atoms with Crippen molar-refractivity contribution in [3.8, 4) is 0 Å². The van der Waals surface area contributed by atoms with Gasteiger partial charge in [-0.15, -0.1) is 11.3 Å². The number of aromatic nitrogens is 1. The van der Waals surface area contributed by atoms with Gasteiger partial charge in [-0.25, -0.2) is 4.98 Å². The Morgan fingerprint density at radius 1 is 1.40 bits per heavy atom. The molecule has 2 rings (SSSR count). The van der Waals surface area contributed by atoms with Crippen LogP contribution in [0.3, 0.4) is 0 Å². The van der Waals surface area contributed by atoms with Crippen LogP contribution < -0.4 is 0 Å². The van der Waals surface area contributed by atoms with E-state index in [0.717, 1.165) is 6.54 Å². The molecule has 0 bridgehead atoms. The third kappa shape index (κ3) is 3.28. The third-order valence-corrected chi connectivity index (χ3v) is 3.89. The van der Waals surface area contributed by atoms with E-state index in [1.165, 1.54) is 55.9 Å². The van der Waals surface area contributed by atoms with Gasteiger partial charge in [-0.1, -0.05) is 13.3 Å². The highest BCUT2D eigenvalue weighted by Crippen LogP contribution is 2.16. The van der Waals surface area contributed by atoms with Crippen LogP contribution in [0.4, 0.5) is 0 Å². The summed E-state index contributed by atoms with van der Waals surface area (Å²) in [6, 6.07) is 0. The molecule has 2 nitrogen and oxygen atoms in total. The molecule has 1 aromatic rings. The van der Waals surface area contributed by atoms with E-state index in [0.29, 0.717) is 0 Å². The molecule has 0 amide bonds. The summed E-state index contributed by atoms with van der Waals surface area (Å²) in [4.78, 5) is 7.20. The van der Waals surface area contributed by atoms with E-state index < -0.39 is 0 Å². The maximum Gasteiger partial charge on any atom is 0.0928 e. The Bertz CT molecular complexity index is 290. The van der Waals surface area contributed by atoms with Gasteiger partial charge in [-0.05, 0) is 38.8 Å². The summed E-state index contributed by atoms with van der Waals surface area (Å²) in [7, 11) is 0. The summed E-state index contributed by atoms with van der Waals surface area (Å²) in [5.41, 5.74) is 1.29. The molecular weight excluding hydrogens is 204 g/mol. The van der Waals surface area contributed by atoms with E-state index in [-0.39, 0.29) is 0 Å². The molecule has 0 N–H and O–H groups in total. The molecule has 0 unspecified atom stereocenters. The Labute approximate surface area is 96.3 Å². The number of unbranched alkanes of at least 4 members (excludes halogenated alkanes) is 1. The van der Waals surface area contributed by atoms with Gasteiger partial charge in [0.05, 0.1) is 10.7 Å². The number of thiazole rings is 1. The first kappa shape index (κ1) is 11.1. The lowest BCUT2D eigenvalue weighted by molar-refractivity contribution is 0.327. The SMILES string of the molecule is CCCCc1nc(CN2CCCC2)cs1. The molecular formula is C12H20N2S. The Balaban J connectivity index is 1.83. The van der Waals surface area contributed by atoms with Crippen molar-refractivity contribution in [3.63, 3.8) is 0 Å². The topological polar surface area (TPSA) is 16.1 Å². The highest BCUT2D eigenvalue weighted by atomic mass is 32.1. The third-order valence-electron chi connectivity index (χ3n) is 2.93. The summed E-state index contributed by atoms with van der Waals surface area (Å²) in [6.07, 6.45) is 6.44. The molecule has 3 heteroatoms. The van der Waals surface area contributed by atoms with Crippen LogP contribution >= 0.6 is 11.3 Å². The van der Waals surface area contributed by atoms with Crippen molar-refractivity contribution >= 4 is 11.3 Å². The summed E-state index contributed by atoms with van der Waals surface area (Å²) in [5.74, 6) is 0. The van der Waals surface area contributed by atoms with Crippen LogP contribution in [-0.2, 0) is 13.0 Å². The van der Waals surface area contributed by atoms with Gasteiger partial charge in [0.15, 0.2) is 0 Å². The van der Waals surface area contributed by atoms with Gasteiger partial charge in [-0.2, -0.15) is 0 Å². The number of hydrogen-bond acceptors (Lipinski definition) is 3. The summed E-state index contributed by atoms with van der Waals surface area (Å²) < 4.78 is 0. The molecule has 2 heterocycles. The zero-order chi connectivity index (χ0) is 10.5. The molecule has 0 saturated carbocycles. The van der Waals surface area contributed by atoms with E-state index in [2.05, 4.69) is 22.2 Å². The minimum Gasteiger partial charge on any atom is -0.297 e. The Morgan fingerprint density at radius 3 is 2.93 bits per heavy atom. The molecule has 0 atom stereocenters. The van der Waals surface area contributed by atoms with Gasteiger partial charge >= 0.3 is 0 Å². The predicted molar refractivity (Wildman–Crippen MR) is 65.2 cm³/mol. The van der Waals surface area contributed by atoms with Crippen molar-refractivity contribution in [1.82, 2.24) is 9.88 Å². The lowest BCUT2D eigenvalue weighted by Crippen LogP contribution is -2.18.